The number of nitrogens with zero attached hydrogens (tertiary/aromatic N) is 2. The van der Waals surface area contributed by atoms with Gasteiger partial charge in [-0.15, -0.1) is 0 Å². The van der Waals surface area contributed by atoms with E-state index in [0.29, 0.717) is 0 Å². The van der Waals surface area contributed by atoms with Crippen LogP contribution in [0.5, 0.6) is 0 Å². The van der Waals surface area contributed by atoms with Crippen molar-refractivity contribution >= 4 is 0 Å². The van der Waals surface area contributed by atoms with Crippen molar-refractivity contribution in [3.8, 4) is 11.3 Å². The molecule has 0 spiro atoms. The largest absolute Gasteiger partial charge is 0.396 e. The standard InChI is InChI=1S/C16H23N3O/c1-19(11-6-12-20)10-5-9-15-13-16(18-17-15)14-7-3-2-4-8-14/h2-4,7-8,13,20H,5-6,9-12H2,1H3,(H,17,18). The van der Waals surface area contributed by atoms with Gasteiger partial charge in [-0.05, 0) is 38.9 Å². The molecule has 0 atom stereocenters. The first-order valence-corrected chi connectivity index (χ1v) is 7.18. The van der Waals surface area contributed by atoms with E-state index < -0.39 is 0 Å². The Bertz CT molecular complexity index is 495. The van der Waals surface area contributed by atoms with E-state index in [-0.39, 0.29) is 6.61 Å². The summed E-state index contributed by atoms with van der Waals surface area (Å²) >= 11 is 0. The predicted octanol–water partition coefficient (Wildman–Crippen LogP) is 2.32. The van der Waals surface area contributed by atoms with Crippen LogP contribution in [0.4, 0.5) is 0 Å². The second-order valence-electron chi connectivity index (χ2n) is 5.13. The third-order valence-corrected chi connectivity index (χ3v) is 3.38. The van der Waals surface area contributed by atoms with Crippen LogP contribution in [0, 0.1) is 0 Å². The molecule has 0 bridgehead atoms. The van der Waals surface area contributed by atoms with Gasteiger partial charge in [0, 0.05) is 24.4 Å². The van der Waals surface area contributed by atoms with Crippen molar-refractivity contribution in [2.45, 2.75) is 19.3 Å². The minimum atomic E-state index is 0.269. The highest BCUT2D eigenvalue weighted by atomic mass is 16.3. The summed E-state index contributed by atoms with van der Waals surface area (Å²) in [4.78, 5) is 2.25. The van der Waals surface area contributed by atoms with Crippen molar-refractivity contribution in [1.29, 1.82) is 0 Å². The molecule has 0 aliphatic rings. The van der Waals surface area contributed by atoms with Crippen LogP contribution in [0.25, 0.3) is 11.3 Å². The number of aryl methyl sites for hydroxylation is 1. The lowest BCUT2D eigenvalue weighted by Crippen LogP contribution is -2.22. The summed E-state index contributed by atoms with van der Waals surface area (Å²) in [6.45, 7) is 2.26. The van der Waals surface area contributed by atoms with Gasteiger partial charge in [0.15, 0.2) is 0 Å². The Morgan fingerprint density at radius 2 is 1.90 bits per heavy atom. The van der Waals surface area contributed by atoms with Crippen molar-refractivity contribution in [3.05, 3.63) is 42.1 Å². The third kappa shape index (κ3) is 4.47. The van der Waals surface area contributed by atoms with E-state index in [4.69, 9.17) is 5.11 Å². The Hall–Kier alpha value is -1.65. The second kappa shape index (κ2) is 7.82. The summed E-state index contributed by atoms with van der Waals surface area (Å²) < 4.78 is 0. The first-order valence-electron chi connectivity index (χ1n) is 7.18. The van der Waals surface area contributed by atoms with Gasteiger partial charge in [-0.3, -0.25) is 5.10 Å². The molecule has 1 aromatic heterocycles. The number of aliphatic hydroxyl groups is 1. The van der Waals surface area contributed by atoms with Crippen LogP contribution in [0.2, 0.25) is 0 Å². The van der Waals surface area contributed by atoms with Gasteiger partial charge in [0.1, 0.15) is 0 Å². The average Bonchev–Trinajstić information content (AvgIpc) is 2.95. The molecule has 1 aromatic carbocycles. The maximum atomic E-state index is 8.79. The van der Waals surface area contributed by atoms with Crippen molar-refractivity contribution in [2.75, 3.05) is 26.7 Å². The zero-order valence-electron chi connectivity index (χ0n) is 12.0. The first-order chi connectivity index (χ1) is 9.79. The van der Waals surface area contributed by atoms with E-state index in [9.17, 15) is 0 Å². The zero-order valence-corrected chi connectivity index (χ0v) is 12.0. The van der Waals surface area contributed by atoms with E-state index in [0.717, 1.165) is 43.6 Å². The van der Waals surface area contributed by atoms with Gasteiger partial charge < -0.3 is 10.0 Å². The Balaban J connectivity index is 1.79. The number of aromatic amines is 1. The summed E-state index contributed by atoms with van der Waals surface area (Å²) in [5, 5.41) is 16.3. The quantitative estimate of drug-likeness (QED) is 0.776. The smallest absolute Gasteiger partial charge is 0.0923 e. The number of nitrogens with one attached hydrogen (secondary N) is 1. The molecule has 0 aliphatic heterocycles. The predicted molar refractivity (Wildman–Crippen MR) is 81.5 cm³/mol. The molecule has 0 fully saturated rings. The van der Waals surface area contributed by atoms with Crippen molar-refractivity contribution in [3.63, 3.8) is 0 Å². The molecule has 0 radical (unpaired) electrons. The molecule has 1 heterocycles. The SMILES string of the molecule is CN(CCCO)CCCc1cc(-c2ccccc2)n[nH]1. The average molecular weight is 273 g/mol. The monoisotopic (exact) mass is 273 g/mol. The molecule has 2 N–H and O–H groups in total. The summed E-state index contributed by atoms with van der Waals surface area (Å²) in [5.41, 5.74) is 3.34. The van der Waals surface area contributed by atoms with E-state index in [1.54, 1.807) is 0 Å². The van der Waals surface area contributed by atoms with Gasteiger partial charge >= 0.3 is 0 Å². The minimum Gasteiger partial charge on any atom is -0.396 e. The van der Waals surface area contributed by atoms with Gasteiger partial charge in [0.25, 0.3) is 0 Å². The maximum absolute atomic E-state index is 8.79. The second-order valence-corrected chi connectivity index (χ2v) is 5.13. The molecule has 0 aliphatic carbocycles. The van der Waals surface area contributed by atoms with Crippen molar-refractivity contribution in [2.24, 2.45) is 0 Å². The highest BCUT2D eigenvalue weighted by Gasteiger charge is 2.04. The first kappa shape index (κ1) is 14.8. The van der Waals surface area contributed by atoms with Crippen LogP contribution in [-0.2, 0) is 6.42 Å². The number of aromatic nitrogens is 2. The third-order valence-electron chi connectivity index (χ3n) is 3.38. The molecule has 20 heavy (non-hydrogen) atoms. The van der Waals surface area contributed by atoms with Crippen molar-refractivity contribution in [1.82, 2.24) is 15.1 Å². The Morgan fingerprint density at radius 3 is 2.65 bits per heavy atom. The van der Waals surface area contributed by atoms with Gasteiger partial charge in [-0.1, -0.05) is 30.3 Å². The molecule has 0 amide bonds. The molecule has 2 rings (SSSR count). The molecule has 0 saturated heterocycles. The number of H-pyrrole nitrogens is 1. The Labute approximate surface area is 120 Å². The summed E-state index contributed by atoms with van der Waals surface area (Å²) in [5.74, 6) is 0. The molecule has 0 saturated carbocycles. The van der Waals surface area contributed by atoms with E-state index in [2.05, 4.69) is 40.3 Å². The summed E-state index contributed by atoms with van der Waals surface area (Å²) in [6, 6.07) is 12.3. The maximum Gasteiger partial charge on any atom is 0.0923 e. The van der Waals surface area contributed by atoms with Gasteiger partial charge in [0.2, 0.25) is 0 Å². The zero-order chi connectivity index (χ0) is 14.2. The number of aliphatic hydroxyl groups excluding tert-OH is 1. The van der Waals surface area contributed by atoms with Crippen LogP contribution in [0.3, 0.4) is 0 Å². The number of hydrogen-bond donors (Lipinski definition) is 2. The number of benzene rings is 1. The fourth-order valence-electron chi connectivity index (χ4n) is 2.24. The molecule has 4 nitrogen and oxygen atoms in total. The molecule has 2 aromatic rings. The van der Waals surface area contributed by atoms with Gasteiger partial charge in [0.05, 0.1) is 5.69 Å². The highest BCUT2D eigenvalue weighted by Crippen LogP contribution is 2.17. The molecule has 108 valence electrons. The highest BCUT2D eigenvalue weighted by molar-refractivity contribution is 5.58. The minimum absolute atomic E-state index is 0.269. The number of hydrogen-bond acceptors (Lipinski definition) is 3. The van der Waals surface area contributed by atoms with Gasteiger partial charge in [-0.2, -0.15) is 5.10 Å². The van der Waals surface area contributed by atoms with Crippen LogP contribution in [-0.4, -0.2) is 46.9 Å². The lowest BCUT2D eigenvalue weighted by atomic mass is 10.1. The number of rotatable bonds is 8. The lowest BCUT2D eigenvalue weighted by Gasteiger charge is -2.14. The summed E-state index contributed by atoms with van der Waals surface area (Å²) in [7, 11) is 2.10. The van der Waals surface area contributed by atoms with Crippen LogP contribution < -0.4 is 0 Å². The lowest BCUT2D eigenvalue weighted by molar-refractivity contribution is 0.246. The van der Waals surface area contributed by atoms with E-state index >= 15 is 0 Å². The molecular formula is C16H23N3O. The van der Waals surface area contributed by atoms with Gasteiger partial charge in [-0.25, -0.2) is 0 Å². The molecule has 0 unspecified atom stereocenters. The fourth-order valence-corrected chi connectivity index (χ4v) is 2.24. The molecular weight excluding hydrogens is 250 g/mol. The molecule has 4 heteroatoms. The van der Waals surface area contributed by atoms with Crippen LogP contribution >= 0.6 is 0 Å². The van der Waals surface area contributed by atoms with Crippen molar-refractivity contribution < 1.29 is 5.11 Å². The summed E-state index contributed by atoms with van der Waals surface area (Å²) in [6.07, 6.45) is 2.94. The topological polar surface area (TPSA) is 52.1 Å². The fraction of sp³-hybridized carbons (Fsp3) is 0.438. The normalized spacial score (nSPS) is 11.2. The van der Waals surface area contributed by atoms with Crippen LogP contribution in [0.1, 0.15) is 18.5 Å². The van der Waals surface area contributed by atoms with E-state index in [1.807, 2.05) is 18.2 Å². The van der Waals surface area contributed by atoms with E-state index in [1.165, 1.54) is 5.69 Å². The Kier molecular flexibility index (Phi) is 5.77. The van der Waals surface area contributed by atoms with Crippen LogP contribution in [0.15, 0.2) is 36.4 Å². The Morgan fingerprint density at radius 1 is 1.15 bits per heavy atom.